The lowest BCUT2D eigenvalue weighted by molar-refractivity contribution is 0.0601. The lowest BCUT2D eigenvalue weighted by atomic mass is 10.00. The number of benzene rings is 2. The Hall–Kier alpha value is -3.41. The first-order chi connectivity index (χ1) is 11.7. The highest BCUT2D eigenvalue weighted by molar-refractivity contribution is 6.18. The Morgan fingerprint density at radius 3 is 2.71 bits per heavy atom. The number of hydrazone groups is 1. The molecule has 0 saturated heterocycles. The third-order valence-corrected chi connectivity index (χ3v) is 4.02. The third-order valence-electron chi connectivity index (χ3n) is 4.02. The predicted molar refractivity (Wildman–Crippen MR) is 90.1 cm³/mol. The van der Waals surface area contributed by atoms with E-state index in [0.717, 1.165) is 22.2 Å². The summed E-state index contributed by atoms with van der Waals surface area (Å²) in [5, 5.41) is 4.72. The van der Waals surface area contributed by atoms with Crippen molar-refractivity contribution >= 4 is 29.0 Å². The Morgan fingerprint density at radius 2 is 1.96 bits per heavy atom. The van der Waals surface area contributed by atoms with E-state index in [1.165, 1.54) is 13.2 Å². The van der Waals surface area contributed by atoms with Gasteiger partial charge in [-0.25, -0.2) is 10.2 Å². The molecule has 0 atom stereocenters. The molecule has 0 bridgehead atoms. The number of H-pyrrole nitrogens is 1. The van der Waals surface area contributed by atoms with E-state index >= 15 is 0 Å². The summed E-state index contributed by atoms with van der Waals surface area (Å²) in [6.07, 6.45) is 1.62. The molecule has 4 rings (SSSR count). The number of aromatic nitrogens is 1. The van der Waals surface area contributed by atoms with Gasteiger partial charge >= 0.3 is 5.97 Å². The fourth-order valence-corrected chi connectivity index (χ4v) is 2.95. The number of nitrogens with zero attached hydrogens (tertiary/aromatic N) is 1. The van der Waals surface area contributed by atoms with Crippen molar-refractivity contribution in [1.29, 1.82) is 0 Å². The molecule has 0 aliphatic carbocycles. The summed E-state index contributed by atoms with van der Waals surface area (Å²) in [6, 6.07) is 13.0. The van der Waals surface area contributed by atoms with E-state index in [-0.39, 0.29) is 5.91 Å². The molecule has 0 saturated carbocycles. The number of rotatable bonds is 2. The van der Waals surface area contributed by atoms with Crippen LogP contribution in [-0.4, -0.2) is 30.2 Å². The zero-order valence-electron chi connectivity index (χ0n) is 12.8. The van der Waals surface area contributed by atoms with E-state index < -0.39 is 5.97 Å². The molecular formula is C18H13N3O3. The van der Waals surface area contributed by atoms with E-state index in [1.807, 2.05) is 30.3 Å². The summed E-state index contributed by atoms with van der Waals surface area (Å²) in [6.45, 7) is 0. The van der Waals surface area contributed by atoms with E-state index in [1.54, 1.807) is 12.3 Å². The fourth-order valence-electron chi connectivity index (χ4n) is 2.95. The Morgan fingerprint density at radius 1 is 1.17 bits per heavy atom. The Balaban J connectivity index is 2.07. The number of amides is 1. The van der Waals surface area contributed by atoms with Crippen molar-refractivity contribution in [1.82, 2.24) is 10.4 Å². The maximum Gasteiger partial charge on any atom is 0.337 e. The second-order valence-corrected chi connectivity index (χ2v) is 5.42. The van der Waals surface area contributed by atoms with Crippen LogP contribution in [0.4, 0.5) is 0 Å². The lowest BCUT2D eigenvalue weighted by Crippen LogP contribution is -2.17. The molecule has 1 aliphatic rings. The van der Waals surface area contributed by atoms with E-state index in [2.05, 4.69) is 15.5 Å². The smallest absolute Gasteiger partial charge is 0.337 e. The summed E-state index contributed by atoms with van der Waals surface area (Å²) < 4.78 is 4.78. The van der Waals surface area contributed by atoms with Gasteiger partial charge in [0.2, 0.25) is 0 Å². The quantitative estimate of drug-likeness (QED) is 0.712. The Bertz CT molecular complexity index is 1000. The van der Waals surface area contributed by atoms with Gasteiger partial charge in [-0.05, 0) is 17.7 Å². The second kappa shape index (κ2) is 5.34. The van der Waals surface area contributed by atoms with Gasteiger partial charge in [-0.15, -0.1) is 0 Å². The first kappa shape index (κ1) is 14.2. The molecule has 6 nitrogen and oxygen atoms in total. The van der Waals surface area contributed by atoms with Gasteiger partial charge in [0, 0.05) is 16.5 Å². The van der Waals surface area contributed by atoms with Crippen LogP contribution in [0.3, 0.4) is 0 Å². The molecule has 1 amide bonds. The van der Waals surface area contributed by atoms with Gasteiger partial charge in [-0.3, -0.25) is 4.79 Å². The van der Waals surface area contributed by atoms with Gasteiger partial charge in [-0.2, -0.15) is 5.10 Å². The largest absolute Gasteiger partial charge is 0.465 e. The van der Waals surface area contributed by atoms with Crippen LogP contribution in [0.15, 0.2) is 47.6 Å². The highest BCUT2D eigenvalue weighted by atomic mass is 16.5. The van der Waals surface area contributed by atoms with Crippen LogP contribution in [0.1, 0.15) is 26.3 Å². The molecule has 2 heterocycles. The van der Waals surface area contributed by atoms with E-state index in [0.29, 0.717) is 16.6 Å². The number of nitrogens with one attached hydrogen (secondary N) is 2. The number of aromatic amines is 1. The van der Waals surface area contributed by atoms with Gasteiger partial charge < -0.3 is 9.72 Å². The van der Waals surface area contributed by atoms with Crippen LogP contribution in [0.2, 0.25) is 0 Å². The zero-order chi connectivity index (χ0) is 16.7. The number of esters is 1. The molecule has 0 unspecified atom stereocenters. The molecule has 0 fully saturated rings. The maximum atomic E-state index is 12.3. The zero-order valence-corrected chi connectivity index (χ0v) is 12.8. The van der Waals surface area contributed by atoms with Gasteiger partial charge in [0.1, 0.15) is 0 Å². The highest BCUT2D eigenvalue weighted by Crippen LogP contribution is 2.33. The molecule has 1 aromatic heterocycles. The molecule has 1 aliphatic heterocycles. The molecule has 0 spiro atoms. The summed E-state index contributed by atoms with van der Waals surface area (Å²) in [5.41, 5.74) is 6.46. The number of carbonyl (C=O) groups excluding carboxylic acids is 2. The van der Waals surface area contributed by atoms with Crippen LogP contribution in [0.5, 0.6) is 0 Å². The highest BCUT2D eigenvalue weighted by Gasteiger charge is 2.23. The first-order valence-corrected chi connectivity index (χ1v) is 7.36. The van der Waals surface area contributed by atoms with Crippen molar-refractivity contribution in [3.8, 4) is 11.3 Å². The summed E-state index contributed by atoms with van der Waals surface area (Å²) >= 11 is 0. The molecule has 2 N–H and O–H groups in total. The summed E-state index contributed by atoms with van der Waals surface area (Å²) in [5.74, 6) is -0.858. The molecular weight excluding hydrogens is 306 g/mol. The molecule has 118 valence electrons. The predicted octanol–water partition coefficient (Wildman–Crippen LogP) is 2.70. The monoisotopic (exact) mass is 319 g/mol. The first-order valence-electron chi connectivity index (χ1n) is 7.36. The lowest BCUT2D eigenvalue weighted by Gasteiger charge is -2.04. The van der Waals surface area contributed by atoms with Crippen LogP contribution < -0.4 is 5.43 Å². The van der Waals surface area contributed by atoms with Crippen molar-refractivity contribution in [2.45, 2.75) is 0 Å². The summed E-state index contributed by atoms with van der Waals surface area (Å²) in [4.78, 5) is 27.5. The molecule has 0 radical (unpaired) electrons. The minimum absolute atomic E-state index is 0.310. The Kier molecular flexibility index (Phi) is 3.16. The number of ether oxygens (including phenoxy) is 1. The fraction of sp³-hybridized carbons (Fsp3) is 0.0556. The van der Waals surface area contributed by atoms with Crippen molar-refractivity contribution in [3.63, 3.8) is 0 Å². The Labute approximate surface area is 137 Å². The van der Waals surface area contributed by atoms with Crippen molar-refractivity contribution in [2.75, 3.05) is 7.11 Å². The average molecular weight is 319 g/mol. The number of methoxy groups -OCH3 is 1. The van der Waals surface area contributed by atoms with Crippen LogP contribution in [0.25, 0.3) is 22.2 Å². The van der Waals surface area contributed by atoms with Crippen molar-refractivity contribution in [3.05, 3.63) is 59.2 Å². The normalized spacial score (nSPS) is 12.8. The maximum absolute atomic E-state index is 12.3. The van der Waals surface area contributed by atoms with Gasteiger partial charge in [0.05, 0.1) is 30.1 Å². The van der Waals surface area contributed by atoms with E-state index in [4.69, 9.17) is 4.74 Å². The molecule has 24 heavy (non-hydrogen) atoms. The second-order valence-electron chi connectivity index (χ2n) is 5.42. The molecule has 6 heteroatoms. The van der Waals surface area contributed by atoms with Gasteiger partial charge in [0.25, 0.3) is 5.91 Å². The topological polar surface area (TPSA) is 83.6 Å². The standard InChI is InChI=1S/C18H13N3O3/c1-24-18(23)11-7-12-15-13(9-19-21-17(12)22)16(20-14(15)8-11)10-5-3-2-4-6-10/h2-9,20H,1H3,(H,21,22). The number of hydrogen-bond donors (Lipinski definition) is 2. The number of hydrogen-bond acceptors (Lipinski definition) is 4. The average Bonchev–Trinajstić information content (AvgIpc) is 2.90. The minimum atomic E-state index is -0.497. The number of carbonyl (C=O) groups is 2. The van der Waals surface area contributed by atoms with Gasteiger partial charge in [-0.1, -0.05) is 30.3 Å². The van der Waals surface area contributed by atoms with Gasteiger partial charge in [0.15, 0.2) is 0 Å². The SMILES string of the molecule is COC(=O)c1cc2c3c(c(-c4ccccc4)[nH]c3c1)C=NNC2=O. The third kappa shape index (κ3) is 2.08. The van der Waals surface area contributed by atoms with Crippen LogP contribution >= 0.6 is 0 Å². The van der Waals surface area contributed by atoms with E-state index in [9.17, 15) is 9.59 Å². The van der Waals surface area contributed by atoms with Crippen LogP contribution in [0, 0.1) is 0 Å². The minimum Gasteiger partial charge on any atom is -0.465 e. The van der Waals surface area contributed by atoms with Crippen molar-refractivity contribution < 1.29 is 14.3 Å². The van der Waals surface area contributed by atoms with Crippen molar-refractivity contribution in [2.24, 2.45) is 5.10 Å². The molecule has 3 aromatic rings. The summed E-state index contributed by atoms with van der Waals surface area (Å²) in [7, 11) is 1.31. The molecule has 2 aromatic carbocycles. The van der Waals surface area contributed by atoms with Crippen LogP contribution in [-0.2, 0) is 4.74 Å².